The highest BCUT2D eigenvalue weighted by Gasteiger charge is 2.54. The van der Waals surface area contributed by atoms with Crippen molar-refractivity contribution in [3.8, 4) is 0 Å². The van der Waals surface area contributed by atoms with Crippen LogP contribution in [0.1, 0.15) is 80.0 Å². The number of nitrogen functional groups attached to an aromatic ring is 1. The zero-order valence-electron chi connectivity index (χ0n) is 33.3. The fourth-order valence-electron chi connectivity index (χ4n) is 8.00. The van der Waals surface area contributed by atoms with Gasteiger partial charge in [0.25, 0.3) is 11.1 Å². The van der Waals surface area contributed by atoms with E-state index >= 15 is 0 Å². The Morgan fingerprint density at radius 3 is 1.37 bits per heavy atom. The maximum Gasteiger partial charge on any atom is 0.351 e. The second-order valence-electron chi connectivity index (χ2n) is 15.2. The molecular formula is C37H57N7O13. The maximum absolute atomic E-state index is 11.9. The Labute approximate surface area is 327 Å². The zero-order valence-corrected chi connectivity index (χ0v) is 33.3. The van der Waals surface area contributed by atoms with E-state index in [2.05, 4.69) is 42.6 Å². The standard InChI is InChI=1S/C14H22N2O3.C12H18N2O5.C11H17N3O5/c1-5-14(6-2)10(4)9(3)12(19-14)16-8-7-11(17)15-13(16)18;1-7-8(2)12(5-15,6-16)19-10(7)14-4-3-9(17)13-11(14)18;1-6-8(17)11(4-15,5-16)19-9(6)14-3-2-7(12)13-10(14)18/h7-10,12H,5-6H2,1-4H3,(H,15,17,18);3-4,7-8,10,15-16H,5-6H2,1-2H3,(H,13,17,18);2-3,6,8-9,15-17H,4-5H2,1H3,(H2,12,13,18). The second kappa shape index (κ2) is 18.1. The molecule has 9 atom stereocenters. The Kier molecular flexibility index (Phi) is 14.4. The highest BCUT2D eigenvalue weighted by Crippen LogP contribution is 2.48. The summed E-state index contributed by atoms with van der Waals surface area (Å²) in [6, 6.07) is 4.03. The van der Waals surface area contributed by atoms with Gasteiger partial charge in [-0.3, -0.25) is 33.3 Å². The van der Waals surface area contributed by atoms with Crippen LogP contribution in [0.4, 0.5) is 5.82 Å². The van der Waals surface area contributed by atoms with E-state index in [-0.39, 0.29) is 54.2 Å². The Bertz CT molecular complexity index is 2000. The normalized spacial score (nSPS) is 29.6. The van der Waals surface area contributed by atoms with Gasteiger partial charge in [-0.2, -0.15) is 4.98 Å². The summed E-state index contributed by atoms with van der Waals surface area (Å²) in [7, 11) is 0. The average Bonchev–Trinajstić information content (AvgIpc) is 3.71. The molecule has 57 heavy (non-hydrogen) atoms. The van der Waals surface area contributed by atoms with Crippen molar-refractivity contribution in [2.24, 2.45) is 29.6 Å². The molecule has 20 heteroatoms. The third kappa shape index (κ3) is 8.63. The van der Waals surface area contributed by atoms with Crippen molar-refractivity contribution in [3.63, 3.8) is 0 Å². The van der Waals surface area contributed by atoms with Crippen molar-refractivity contribution in [2.45, 2.75) is 103 Å². The van der Waals surface area contributed by atoms with Crippen LogP contribution < -0.4 is 33.9 Å². The van der Waals surface area contributed by atoms with Crippen molar-refractivity contribution >= 4 is 5.82 Å². The first-order valence-corrected chi connectivity index (χ1v) is 19.0. The quantitative estimate of drug-likeness (QED) is 0.129. The first-order chi connectivity index (χ1) is 26.8. The molecule has 6 rings (SSSR count). The lowest BCUT2D eigenvalue weighted by atomic mass is 9.79. The summed E-state index contributed by atoms with van der Waals surface area (Å²) >= 11 is 0. The van der Waals surface area contributed by atoms with E-state index in [0.717, 1.165) is 12.8 Å². The van der Waals surface area contributed by atoms with E-state index in [1.807, 2.05) is 13.8 Å². The fraction of sp³-hybridized carbons (Fsp3) is 0.676. The number of aliphatic hydroxyl groups excluding tert-OH is 5. The van der Waals surface area contributed by atoms with Crippen LogP contribution in [0, 0.1) is 29.6 Å². The summed E-state index contributed by atoms with van der Waals surface area (Å²) in [5, 5.41) is 47.6. The SMILES string of the molecule is CC1C(n2ccc(=O)[nH]c2=O)OC(CO)(CO)C1C.CC1C(n2ccc(N)nc2=O)OC(CO)(CO)C1O.CCC1(CC)OC(n2ccc(=O)[nH]c2=O)C(C)C1C. The number of aromatic amines is 2. The lowest BCUT2D eigenvalue weighted by molar-refractivity contribution is -0.150. The molecule has 6 heterocycles. The summed E-state index contributed by atoms with van der Waals surface area (Å²) in [4.78, 5) is 65.6. The molecule has 20 nitrogen and oxygen atoms in total. The van der Waals surface area contributed by atoms with Gasteiger partial charge in [0.05, 0.1) is 38.1 Å². The van der Waals surface area contributed by atoms with Gasteiger partial charge in [0.2, 0.25) is 0 Å². The molecule has 0 radical (unpaired) electrons. The van der Waals surface area contributed by atoms with Crippen molar-refractivity contribution in [1.82, 2.24) is 28.7 Å². The lowest BCUT2D eigenvalue weighted by Gasteiger charge is -2.31. The van der Waals surface area contributed by atoms with Crippen LogP contribution in [0.2, 0.25) is 0 Å². The smallest absolute Gasteiger partial charge is 0.351 e. The van der Waals surface area contributed by atoms with E-state index in [1.165, 1.54) is 50.5 Å². The fourth-order valence-corrected chi connectivity index (χ4v) is 8.00. The van der Waals surface area contributed by atoms with Crippen molar-refractivity contribution in [2.75, 3.05) is 32.2 Å². The molecule has 0 aliphatic carbocycles. The van der Waals surface area contributed by atoms with Crippen LogP contribution in [0.3, 0.4) is 0 Å². The number of anilines is 1. The molecule has 3 aliphatic heterocycles. The number of H-pyrrole nitrogens is 2. The van der Waals surface area contributed by atoms with Gasteiger partial charge < -0.3 is 45.5 Å². The summed E-state index contributed by atoms with van der Waals surface area (Å²) in [5.74, 6) is -0.0467. The number of hydrogen-bond donors (Lipinski definition) is 8. The van der Waals surface area contributed by atoms with Gasteiger partial charge in [-0.05, 0) is 30.7 Å². The topological polar surface area (TPSA) is 299 Å². The third-order valence-electron chi connectivity index (χ3n) is 12.3. The van der Waals surface area contributed by atoms with Crippen LogP contribution >= 0.6 is 0 Å². The molecule has 9 N–H and O–H groups in total. The van der Waals surface area contributed by atoms with Gasteiger partial charge in [-0.15, -0.1) is 0 Å². The van der Waals surface area contributed by atoms with E-state index < -0.39 is 71.5 Å². The molecule has 0 bridgehead atoms. The first kappa shape index (κ1) is 45.4. The van der Waals surface area contributed by atoms with Crippen LogP contribution in [0.25, 0.3) is 0 Å². The Balaban J connectivity index is 0.000000189. The molecule has 9 unspecified atom stereocenters. The molecular weight excluding hydrogens is 750 g/mol. The average molecular weight is 808 g/mol. The lowest BCUT2D eigenvalue weighted by Crippen LogP contribution is -2.47. The molecule has 3 aromatic heterocycles. The number of hydrogen-bond acceptors (Lipinski definition) is 15. The van der Waals surface area contributed by atoms with Crippen LogP contribution in [-0.4, -0.2) is 104 Å². The van der Waals surface area contributed by atoms with Crippen molar-refractivity contribution < 1.29 is 39.7 Å². The Hall–Kier alpha value is -4.28. The van der Waals surface area contributed by atoms with Gasteiger partial charge in [-0.25, -0.2) is 14.4 Å². The van der Waals surface area contributed by atoms with Gasteiger partial charge in [0.15, 0.2) is 0 Å². The number of rotatable bonds is 9. The van der Waals surface area contributed by atoms with E-state index in [1.54, 1.807) is 6.92 Å². The number of nitrogens with zero attached hydrogens (tertiary/aromatic N) is 4. The van der Waals surface area contributed by atoms with Gasteiger partial charge >= 0.3 is 17.1 Å². The van der Waals surface area contributed by atoms with Crippen molar-refractivity contribution in [1.29, 1.82) is 0 Å². The second-order valence-corrected chi connectivity index (χ2v) is 15.2. The summed E-state index contributed by atoms with van der Waals surface area (Å²) < 4.78 is 21.4. The predicted octanol–water partition coefficient (Wildman–Crippen LogP) is -0.968. The molecule has 0 saturated carbocycles. The molecule has 0 spiro atoms. The number of ether oxygens (including phenoxy) is 3. The molecule has 0 amide bonds. The molecule has 3 aliphatic rings. The monoisotopic (exact) mass is 807 g/mol. The number of aromatic nitrogens is 6. The highest BCUT2D eigenvalue weighted by molar-refractivity contribution is 5.23. The maximum atomic E-state index is 11.9. The molecule has 3 saturated heterocycles. The summed E-state index contributed by atoms with van der Waals surface area (Å²) in [6.07, 6.45) is 3.28. The number of nitrogens with two attached hydrogens (primary N) is 1. The van der Waals surface area contributed by atoms with Gasteiger partial charge in [-0.1, -0.05) is 48.5 Å². The van der Waals surface area contributed by atoms with E-state index in [9.17, 15) is 49.5 Å². The minimum atomic E-state index is -1.48. The molecule has 3 fully saturated rings. The Morgan fingerprint density at radius 1 is 0.632 bits per heavy atom. The van der Waals surface area contributed by atoms with Crippen molar-refractivity contribution in [3.05, 3.63) is 89.0 Å². The van der Waals surface area contributed by atoms with Crippen LogP contribution in [0.15, 0.2) is 60.8 Å². The minimum Gasteiger partial charge on any atom is -0.393 e. The largest absolute Gasteiger partial charge is 0.393 e. The summed E-state index contributed by atoms with van der Waals surface area (Å²) in [6.45, 7) is 12.1. The minimum absolute atomic E-state index is 0.0861. The zero-order chi connectivity index (χ0) is 42.6. The van der Waals surface area contributed by atoms with Crippen LogP contribution in [-0.2, 0) is 14.2 Å². The first-order valence-electron chi connectivity index (χ1n) is 19.0. The molecule has 0 aromatic carbocycles. The van der Waals surface area contributed by atoms with Gasteiger partial charge in [0.1, 0.15) is 35.7 Å². The van der Waals surface area contributed by atoms with Gasteiger partial charge in [0, 0.05) is 48.5 Å². The highest BCUT2D eigenvalue weighted by atomic mass is 16.6. The number of nitrogens with one attached hydrogen (secondary N) is 2. The van der Waals surface area contributed by atoms with Crippen LogP contribution in [0.5, 0.6) is 0 Å². The molecule has 3 aromatic rings. The van der Waals surface area contributed by atoms with E-state index in [4.69, 9.17) is 19.9 Å². The number of aliphatic hydroxyl groups is 5. The summed E-state index contributed by atoms with van der Waals surface area (Å²) in [5.41, 5.74) is 0.229. The third-order valence-corrected chi connectivity index (χ3v) is 12.3. The van der Waals surface area contributed by atoms with E-state index in [0.29, 0.717) is 5.92 Å². The Morgan fingerprint density at radius 2 is 1.02 bits per heavy atom. The molecule has 318 valence electrons. The predicted molar refractivity (Wildman–Crippen MR) is 205 cm³/mol.